The summed E-state index contributed by atoms with van der Waals surface area (Å²) in [5.41, 5.74) is 2.41. The molecule has 0 aromatic heterocycles. The lowest BCUT2D eigenvalue weighted by atomic mass is 9.80. The van der Waals surface area contributed by atoms with Crippen LogP contribution >= 0.6 is 0 Å². The number of methoxy groups -OCH3 is 1. The lowest BCUT2D eigenvalue weighted by Gasteiger charge is -2.31. The number of rotatable bonds is 7. The van der Waals surface area contributed by atoms with Crippen LogP contribution in [0, 0.1) is 5.92 Å². The zero-order chi connectivity index (χ0) is 22.0. The third-order valence-electron chi connectivity index (χ3n) is 5.96. The number of nitrogens with one attached hydrogen (secondary N) is 1. The molecule has 4 rings (SSSR count). The average Bonchev–Trinajstić information content (AvgIpc) is 2.76. The van der Waals surface area contributed by atoms with E-state index in [1.165, 1.54) is 13.2 Å². The average molecular weight is 419 g/mol. The molecule has 0 radical (unpaired) electrons. The van der Waals surface area contributed by atoms with Crippen molar-refractivity contribution in [2.45, 2.75) is 25.4 Å². The van der Waals surface area contributed by atoms with E-state index in [-0.39, 0.29) is 23.3 Å². The zero-order valence-electron chi connectivity index (χ0n) is 17.3. The maximum atomic E-state index is 12.8. The van der Waals surface area contributed by atoms with Gasteiger partial charge in [-0.15, -0.1) is 0 Å². The third kappa shape index (κ3) is 4.25. The quantitative estimate of drug-likeness (QED) is 0.536. The minimum atomic E-state index is -1.04. The van der Waals surface area contributed by atoms with Crippen molar-refractivity contribution in [1.82, 2.24) is 5.32 Å². The highest BCUT2D eigenvalue weighted by Crippen LogP contribution is 2.34. The summed E-state index contributed by atoms with van der Waals surface area (Å²) < 4.78 is 5.27. The van der Waals surface area contributed by atoms with E-state index in [2.05, 4.69) is 5.32 Å². The molecule has 1 aliphatic carbocycles. The molecule has 0 unspecified atom stereocenters. The van der Waals surface area contributed by atoms with E-state index in [0.717, 1.165) is 41.2 Å². The normalized spacial score (nSPS) is 17.7. The Labute approximate surface area is 180 Å². The Balaban J connectivity index is 1.62. The monoisotopic (exact) mass is 419 g/mol. The van der Waals surface area contributed by atoms with Gasteiger partial charge in [0.25, 0.3) is 5.91 Å². The Morgan fingerprint density at radius 2 is 1.74 bits per heavy atom. The number of benzene rings is 3. The molecule has 1 fully saturated rings. The van der Waals surface area contributed by atoms with Gasteiger partial charge in [0, 0.05) is 12.1 Å². The number of carboxylic acid groups (broad SMARTS) is 1. The maximum absolute atomic E-state index is 12.8. The molecule has 3 aromatic rings. The van der Waals surface area contributed by atoms with Crippen LogP contribution in [0.4, 0.5) is 0 Å². The van der Waals surface area contributed by atoms with Gasteiger partial charge in [0.05, 0.1) is 13.2 Å². The standard InChI is InChI=1S/C25H25NO5/c1-31-23-14-16(6-7-22(23)25(29)30)18-8-9-21(20-5-3-2-4-19(18)20)24(28)26-11-10-15-12-17(27)13-15/h2-9,14-15,17,27H,10-13H2,1H3,(H,26,28)(H,29,30). The van der Waals surface area contributed by atoms with Crippen LogP contribution in [-0.4, -0.2) is 41.8 Å². The van der Waals surface area contributed by atoms with Gasteiger partial charge in [0.15, 0.2) is 0 Å². The summed E-state index contributed by atoms with van der Waals surface area (Å²) in [5, 5.41) is 23.5. The summed E-state index contributed by atoms with van der Waals surface area (Å²) in [6.07, 6.45) is 2.32. The van der Waals surface area contributed by atoms with Crippen LogP contribution in [0.3, 0.4) is 0 Å². The van der Waals surface area contributed by atoms with Gasteiger partial charge < -0.3 is 20.3 Å². The number of aliphatic hydroxyl groups excluding tert-OH is 1. The van der Waals surface area contributed by atoms with Crippen molar-refractivity contribution in [3.63, 3.8) is 0 Å². The van der Waals surface area contributed by atoms with Crippen LogP contribution in [0.1, 0.15) is 40.0 Å². The second kappa shape index (κ2) is 8.78. The fourth-order valence-electron chi connectivity index (χ4n) is 4.21. The Morgan fingerprint density at radius 3 is 2.42 bits per heavy atom. The maximum Gasteiger partial charge on any atom is 0.339 e. The van der Waals surface area contributed by atoms with E-state index in [1.54, 1.807) is 18.2 Å². The van der Waals surface area contributed by atoms with Crippen LogP contribution < -0.4 is 10.1 Å². The van der Waals surface area contributed by atoms with Gasteiger partial charge in [-0.25, -0.2) is 4.79 Å². The number of hydrogen-bond acceptors (Lipinski definition) is 4. The highest BCUT2D eigenvalue weighted by Gasteiger charge is 2.26. The number of fused-ring (bicyclic) bond motifs is 1. The first kappa shape index (κ1) is 20.9. The van der Waals surface area contributed by atoms with Crippen molar-refractivity contribution in [3.8, 4) is 16.9 Å². The minimum Gasteiger partial charge on any atom is -0.496 e. The molecule has 0 bridgehead atoms. The van der Waals surface area contributed by atoms with E-state index in [4.69, 9.17) is 4.74 Å². The zero-order valence-corrected chi connectivity index (χ0v) is 17.3. The van der Waals surface area contributed by atoms with Gasteiger partial charge in [-0.05, 0) is 65.3 Å². The van der Waals surface area contributed by atoms with Gasteiger partial charge in [0.2, 0.25) is 0 Å². The SMILES string of the molecule is COc1cc(-c2ccc(C(=O)NCCC3CC(O)C3)c3ccccc23)ccc1C(=O)O. The molecule has 1 saturated carbocycles. The second-order valence-electron chi connectivity index (χ2n) is 7.96. The topological polar surface area (TPSA) is 95.9 Å². The molecule has 3 N–H and O–H groups in total. The van der Waals surface area contributed by atoms with E-state index in [9.17, 15) is 19.8 Å². The number of amides is 1. The molecule has 1 aliphatic rings. The van der Waals surface area contributed by atoms with Crippen molar-refractivity contribution >= 4 is 22.6 Å². The second-order valence-corrected chi connectivity index (χ2v) is 7.96. The van der Waals surface area contributed by atoms with Crippen LogP contribution in [0.15, 0.2) is 54.6 Å². The van der Waals surface area contributed by atoms with E-state index in [1.807, 2.05) is 30.3 Å². The van der Waals surface area contributed by atoms with Crippen molar-refractivity contribution < 1.29 is 24.5 Å². The summed E-state index contributed by atoms with van der Waals surface area (Å²) in [7, 11) is 1.45. The van der Waals surface area contributed by atoms with E-state index >= 15 is 0 Å². The van der Waals surface area contributed by atoms with E-state index < -0.39 is 5.97 Å². The van der Waals surface area contributed by atoms with Gasteiger partial charge in [-0.1, -0.05) is 36.4 Å². The fraction of sp³-hybridized carbons (Fsp3) is 0.280. The van der Waals surface area contributed by atoms with Crippen LogP contribution in [0.25, 0.3) is 21.9 Å². The fourth-order valence-corrected chi connectivity index (χ4v) is 4.21. The Hall–Kier alpha value is -3.38. The van der Waals surface area contributed by atoms with Crippen molar-refractivity contribution in [1.29, 1.82) is 0 Å². The summed E-state index contributed by atoms with van der Waals surface area (Å²) in [5.74, 6) is -0.395. The molecule has 0 saturated heterocycles. The molecular formula is C25H25NO5. The molecule has 1 amide bonds. The minimum absolute atomic E-state index is 0.102. The van der Waals surface area contributed by atoms with E-state index in [0.29, 0.717) is 18.0 Å². The van der Waals surface area contributed by atoms with Gasteiger partial charge >= 0.3 is 5.97 Å². The molecule has 3 aromatic carbocycles. The number of aromatic carboxylic acids is 1. The number of carboxylic acids is 1. The number of ether oxygens (including phenoxy) is 1. The highest BCUT2D eigenvalue weighted by molar-refractivity contribution is 6.11. The summed E-state index contributed by atoms with van der Waals surface area (Å²) in [6.45, 7) is 0.583. The van der Waals surface area contributed by atoms with Crippen LogP contribution in [0.5, 0.6) is 5.75 Å². The summed E-state index contributed by atoms with van der Waals surface area (Å²) >= 11 is 0. The Kier molecular flexibility index (Phi) is 5.91. The highest BCUT2D eigenvalue weighted by atomic mass is 16.5. The molecular weight excluding hydrogens is 394 g/mol. The number of aliphatic hydroxyl groups is 1. The van der Waals surface area contributed by atoms with Gasteiger partial charge in [0.1, 0.15) is 11.3 Å². The molecule has 0 aliphatic heterocycles. The third-order valence-corrected chi connectivity index (χ3v) is 5.96. The van der Waals surface area contributed by atoms with Crippen molar-refractivity contribution in [2.75, 3.05) is 13.7 Å². The molecule has 6 nitrogen and oxygen atoms in total. The number of carbonyl (C=O) groups is 2. The molecule has 31 heavy (non-hydrogen) atoms. The van der Waals surface area contributed by atoms with Crippen LogP contribution in [0.2, 0.25) is 0 Å². The first-order valence-corrected chi connectivity index (χ1v) is 10.4. The molecule has 0 heterocycles. The Morgan fingerprint density at radius 1 is 1.03 bits per heavy atom. The van der Waals surface area contributed by atoms with Crippen LogP contribution in [-0.2, 0) is 0 Å². The molecule has 6 heteroatoms. The van der Waals surface area contributed by atoms with Crippen molar-refractivity contribution in [3.05, 3.63) is 65.7 Å². The van der Waals surface area contributed by atoms with Gasteiger partial charge in [-0.2, -0.15) is 0 Å². The lowest BCUT2D eigenvalue weighted by molar-refractivity contribution is 0.0393. The predicted octanol–water partition coefficient (Wildman–Crippen LogP) is 4.10. The first-order chi connectivity index (χ1) is 15.0. The largest absolute Gasteiger partial charge is 0.496 e. The molecule has 0 spiro atoms. The number of hydrogen-bond donors (Lipinski definition) is 3. The Bertz CT molecular complexity index is 1130. The summed E-state index contributed by atoms with van der Waals surface area (Å²) in [6, 6.07) is 16.4. The molecule has 160 valence electrons. The lowest BCUT2D eigenvalue weighted by Crippen LogP contribution is -2.32. The van der Waals surface area contributed by atoms with Gasteiger partial charge in [-0.3, -0.25) is 4.79 Å². The molecule has 0 atom stereocenters. The predicted molar refractivity (Wildman–Crippen MR) is 119 cm³/mol. The smallest absolute Gasteiger partial charge is 0.339 e. The first-order valence-electron chi connectivity index (χ1n) is 10.4. The summed E-state index contributed by atoms with van der Waals surface area (Å²) in [4.78, 5) is 24.2. The van der Waals surface area contributed by atoms with Crippen molar-refractivity contribution in [2.24, 2.45) is 5.92 Å². The number of carbonyl (C=O) groups excluding carboxylic acids is 1.